The maximum atomic E-state index is 12.0. The minimum Gasteiger partial charge on any atom is -0.458 e. The lowest BCUT2D eigenvalue weighted by Gasteiger charge is -2.03. The largest absolute Gasteiger partial charge is 0.458 e. The molecule has 108 valence electrons. The lowest BCUT2D eigenvalue weighted by molar-refractivity contribution is 0.0952. The topological polar surface area (TPSA) is 58.0 Å². The van der Waals surface area contributed by atoms with Crippen LogP contribution in [0.3, 0.4) is 0 Å². The van der Waals surface area contributed by atoms with Crippen molar-refractivity contribution < 1.29 is 9.21 Å². The molecule has 0 atom stereocenters. The molecular weight excluding hydrogens is 447 g/mol. The average molecular weight is 459 g/mol. The minimum absolute atomic E-state index is 0.103. The minimum atomic E-state index is -0.103. The van der Waals surface area contributed by atoms with E-state index < -0.39 is 0 Å². The van der Waals surface area contributed by atoms with E-state index in [1.807, 2.05) is 40.9 Å². The van der Waals surface area contributed by atoms with Crippen molar-refractivity contribution in [1.29, 1.82) is 0 Å². The predicted molar refractivity (Wildman–Crippen MR) is 93.5 cm³/mol. The van der Waals surface area contributed by atoms with Gasteiger partial charge in [-0.05, 0) is 36.2 Å². The number of hydrogen-bond acceptors (Lipinski definition) is 2. The van der Waals surface area contributed by atoms with E-state index in [2.05, 4.69) is 32.3 Å². The van der Waals surface area contributed by atoms with Crippen LogP contribution in [0.15, 0.2) is 45.6 Å². The van der Waals surface area contributed by atoms with Crippen molar-refractivity contribution in [3.05, 3.63) is 56.1 Å². The van der Waals surface area contributed by atoms with Crippen LogP contribution in [-0.4, -0.2) is 17.4 Å². The number of hydrogen-bond donors (Lipinski definition) is 2. The number of furan rings is 1. The van der Waals surface area contributed by atoms with Gasteiger partial charge in [0, 0.05) is 50.7 Å². The number of carbonyl (C=O) groups is 1. The Morgan fingerprint density at radius 3 is 3.00 bits per heavy atom. The smallest absolute Gasteiger partial charge is 0.255 e. The molecule has 1 amide bonds. The highest BCUT2D eigenvalue weighted by atomic mass is 127. The molecule has 6 heteroatoms. The number of halogens is 2. The monoisotopic (exact) mass is 458 g/mol. The summed E-state index contributed by atoms with van der Waals surface area (Å²) in [7, 11) is 0. The Balaban J connectivity index is 1.66. The number of H-pyrrole nitrogens is 1. The summed E-state index contributed by atoms with van der Waals surface area (Å²) in [4.78, 5) is 15.2. The third-order valence-corrected chi connectivity index (χ3v) is 4.60. The molecule has 2 heterocycles. The number of nitrogens with one attached hydrogen (secondary N) is 2. The first kappa shape index (κ1) is 14.6. The molecule has 3 rings (SSSR count). The summed E-state index contributed by atoms with van der Waals surface area (Å²) >= 11 is 5.49. The Morgan fingerprint density at radius 1 is 1.38 bits per heavy atom. The van der Waals surface area contributed by atoms with Crippen molar-refractivity contribution >= 4 is 55.3 Å². The Kier molecular flexibility index (Phi) is 4.34. The van der Waals surface area contributed by atoms with Gasteiger partial charge in [-0.3, -0.25) is 4.79 Å². The Morgan fingerprint density at radius 2 is 2.24 bits per heavy atom. The van der Waals surface area contributed by atoms with Gasteiger partial charge in [0.1, 0.15) is 0 Å². The van der Waals surface area contributed by atoms with Crippen LogP contribution in [-0.2, 0) is 6.42 Å². The molecule has 0 aliphatic carbocycles. The van der Waals surface area contributed by atoms with Gasteiger partial charge in [-0.25, -0.2) is 0 Å². The number of rotatable bonds is 4. The fourth-order valence-corrected chi connectivity index (χ4v) is 3.15. The first-order valence-electron chi connectivity index (χ1n) is 6.42. The molecule has 1 aromatic carbocycles. The van der Waals surface area contributed by atoms with E-state index >= 15 is 0 Å². The summed E-state index contributed by atoms with van der Waals surface area (Å²) in [6.07, 6.45) is 4.29. The van der Waals surface area contributed by atoms with Crippen molar-refractivity contribution in [3.8, 4) is 0 Å². The molecule has 0 radical (unpaired) electrons. The molecule has 2 aromatic heterocycles. The van der Waals surface area contributed by atoms with Crippen LogP contribution in [0.2, 0.25) is 0 Å². The number of benzene rings is 1. The van der Waals surface area contributed by atoms with E-state index in [4.69, 9.17) is 4.42 Å². The lowest BCUT2D eigenvalue weighted by atomic mass is 10.1. The number of aromatic nitrogens is 1. The van der Waals surface area contributed by atoms with E-state index in [1.54, 1.807) is 6.07 Å². The number of carbonyl (C=O) groups excluding carboxylic acids is 1. The van der Waals surface area contributed by atoms with Gasteiger partial charge in [0.05, 0.1) is 11.8 Å². The maximum absolute atomic E-state index is 12.0. The van der Waals surface area contributed by atoms with Crippen LogP contribution < -0.4 is 5.32 Å². The summed E-state index contributed by atoms with van der Waals surface area (Å²) in [5.74, 6) is -0.103. The number of aromatic amines is 1. The van der Waals surface area contributed by atoms with Crippen LogP contribution in [0.4, 0.5) is 0 Å². The van der Waals surface area contributed by atoms with Gasteiger partial charge in [0.15, 0.2) is 3.77 Å². The SMILES string of the molecule is O=C(NCCc1c[nH]c2ccc(Br)cc12)c1ccoc1I. The van der Waals surface area contributed by atoms with Gasteiger partial charge in [0.2, 0.25) is 0 Å². The summed E-state index contributed by atoms with van der Waals surface area (Å²) in [6, 6.07) is 7.81. The van der Waals surface area contributed by atoms with E-state index in [1.165, 1.54) is 17.2 Å². The molecule has 0 aliphatic rings. The van der Waals surface area contributed by atoms with Crippen molar-refractivity contribution in [2.75, 3.05) is 6.54 Å². The summed E-state index contributed by atoms with van der Waals surface area (Å²) < 4.78 is 6.79. The fraction of sp³-hybridized carbons (Fsp3) is 0.133. The second-order valence-corrected chi connectivity index (χ2v) is 6.51. The van der Waals surface area contributed by atoms with Gasteiger partial charge in [-0.1, -0.05) is 15.9 Å². The Hall–Kier alpha value is -1.28. The van der Waals surface area contributed by atoms with E-state index in [-0.39, 0.29) is 5.91 Å². The van der Waals surface area contributed by atoms with Crippen LogP contribution in [0.25, 0.3) is 10.9 Å². The first-order chi connectivity index (χ1) is 10.1. The predicted octanol–water partition coefficient (Wildman–Crippen LogP) is 4.10. The van der Waals surface area contributed by atoms with E-state index in [0.29, 0.717) is 15.9 Å². The molecule has 21 heavy (non-hydrogen) atoms. The van der Waals surface area contributed by atoms with Crippen molar-refractivity contribution in [3.63, 3.8) is 0 Å². The average Bonchev–Trinajstić information content (AvgIpc) is 3.05. The second-order valence-electron chi connectivity index (χ2n) is 4.62. The lowest BCUT2D eigenvalue weighted by Crippen LogP contribution is -2.25. The number of fused-ring (bicyclic) bond motifs is 1. The molecule has 0 unspecified atom stereocenters. The van der Waals surface area contributed by atoms with Gasteiger partial charge < -0.3 is 14.7 Å². The van der Waals surface area contributed by atoms with Gasteiger partial charge in [-0.15, -0.1) is 0 Å². The van der Waals surface area contributed by atoms with Crippen LogP contribution in [0, 0.1) is 3.77 Å². The molecule has 0 saturated heterocycles. The molecule has 0 spiro atoms. The number of amides is 1. The van der Waals surface area contributed by atoms with Gasteiger partial charge in [-0.2, -0.15) is 0 Å². The van der Waals surface area contributed by atoms with E-state index in [0.717, 1.165) is 16.4 Å². The molecule has 4 nitrogen and oxygen atoms in total. The highest BCUT2D eigenvalue weighted by Crippen LogP contribution is 2.22. The zero-order valence-electron chi connectivity index (χ0n) is 11.0. The van der Waals surface area contributed by atoms with Crippen LogP contribution in [0.1, 0.15) is 15.9 Å². The molecule has 0 aliphatic heterocycles. The first-order valence-corrected chi connectivity index (χ1v) is 8.29. The van der Waals surface area contributed by atoms with Gasteiger partial charge >= 0.3 is 0 Å². The van der Waals surface area contributed by atoms with Crippen molar-refractivity contribution in [2.45, 2.75) is 6.42 Å². The zero-order chi connectivity index (χ0) is 14.8. The van der Waals surface area contributed by atoms with Crippen LogP contribution in [0.5, 0.6) is 0 Å². The highest BCUT2D eigenvalue weighted by Gasteiger charge is 2.12. The quantitative estimate of drug-likeness (QED) is 0.578. The van der Waals surface area contributed by atoms with Crippen molar-refractivity contribution in [2.24, 2.45) is 0 Å². The highest BCUT2D eigenvalue weighted by molar-refractivity contribution is 14.1. The third-order valence-electron chi connectivity index (χ3n) is 3.27. The maximum Gasteiger partial charge on any atom is 0.255 e. The Labute approximate surface area is 143 Å². The van der Waals surface area contributed by atoms with Gasteiger partial charge in [0.25, 0.3) is 5.91 Å². The zero-order valence-corrected chi connectivity index (χ0v) is 14.7. The van der Waals surface area contributed by atoms with E-state index in [9.17, 15) is 4.79 Å². The molecule has 3 aromatic rings. The molecule has 0 saturated carbocycles. The molecule has 0 bridgehead atoms. The summed E-state index contributed by atoms with van der Waals surface area (Å²) in [6.45, 7) is 0.583. The fourth-order valence-electron chi connectivity index (χ4n) is 2.22. The normalized spacial score (nSPS) is 11.0. The summed E-state index contributed by atoms with van der Waals surface area (Å²) in [5.41, 5.74) is 2.87. The molecule has 0 fully saturated rings. The van der Waals surface area contributed by atoms with Crippen LogP contribution >= 0.6 is 38.5 Å². The third kappa shape index (κ3) is 3.16. The van der Waals surface area contributed by atoms with Crippen molar-refractivity contribution in [1.82, 2.24) is 10.3 Å². The second kappa shape index (κ2) is 6.23. The summed E-state index contributed by atoms with van der Waals surface area (Å²) in [5, 5.41) is 4.09. The molecular formula is C15H12BrIN2O2. The Bertz CT molecular complexity index is 794. The standard InChI is InChI=1S/C15H12BrIN2O2/c16-10-1-2-13-12(7-10)9(8-19-13)3-5-18-15(20)11-4-6-21-14(11)17/h1-2,4,6-8,19H,3,5H2,(H,18,20). The molecule has 2 N–H and O–H groups in total.